The summed E-state index contributed by atoms with van der Waals surface area (Å²) in [6.45, 7) is 1.61. The summed E-state index contributed by atoms with van der Waals surface area (Å²) < 4.78 is 5.50. The van der Waals surface area contributed by atoms with Crippen LogP contribution in [0.3, 0.4) is 0 Å². The van der Waals surface area contributed by atoms with E-state index in [2.05, 4.69) is 21.3 Å². The first kappa shape index (κ1) is 39.2. The van der Waals surface area contributed by atoms with Gasteiger partial charge in [0.2, 0.25) is 11.8 Å². The molecule has 4 aliphatic rings. The summed E-state index contributed by atoms with van der Waals surface area (Å²) in [5.74, 6) is -1.99. The molecule has 1 saturated carbocycles. The van der Waals surface area contributed by atoms with Gasteiger partial charge in [0.1, 0.15) is 11.8 Å². The summed E-state index contributed by atoms with van der Waals surface area (Å²) in [4.78, 5) is 90.9. The Morgan fingerprint density at radius 1 is 0.754 bits per heavy atom. The molecule has 57 heavy (non-hydrogen) atoms. The zero-order chi connectivity index (χ0) is 39.9. The molecule has 3 aromatic rings. The second kappa shape index (κ2) is 17.8. The Morgan fingerprint density at radius 2 is 1.46 bits per heavy atom. The molecule has 4 N–H and O–H groups in total. The van der Waals surface area contributed by atoms with Crippen LogP contribution in [0.15, 0.2) is 60.7 Å². The van der Waals surface area contributed by atoms with Gasteiger partial charge in [-0.05, 0) is 80.1 Å². The first-order chi connectivity index (χ1) is 27.7. The third-order valence-corrected chi connectivity index (χ3v) is 10.9. The Morgan fingerprint density at radius 3 is 2.18 bits per heavy atom. The quantitative estimate of drug-likeness (QED) is 0.0999. The highest BCUT2D eigenvalue weighted by molar-refractivity contribution is 6.25. The number of carbonyl (C=O) groups is 7. The Balaban J connectivity index is 0.751. The summed E-state index contributed by atoms with van der Waals surface area (Å²) in [5, 5.41) is 11.3. The van der Waals surface area contributed by atoms with Gasteiger partial charge in [0.05, 0.1) is 16.8 Å². The van der Waals surface area contributed by atoms with E-state index in [4.69, 9.17) is 4.74 Å². The van der Waals surface area contributed by atoms with Crippen molar-refractivity contribution in [1.82, 2.24) is 20.4 Å². The van der Waals surface area contributed by atoms with Gasteiger partial charge in [-0.3, -0.25) is 43.8 Å². The summed E-state index contributed by atoms with van der Waals surface area (Å²) in [5.41, 5.74) is 3.71. The first-order valence-electron chi connectivity index (χ1n) is 20.0. The number of rotatable bonds is 18. The van der Waals surface area contributed by atoms with Crippen molar-refractivity contribution in [3.05, 3.63) is 88.5 Å². The van der Waals surface area contributed by atoms with Crippen molar-refractivity contribution in [2.45, 2.75) is 95.7 Å². The molecule has 1 aliphatic carbocycles. The average Bonchev–Trinajstić information content (AvgIpc) is 4.02. The molecule has 7 amide bonds. The number of ether oxygens (including phenoxy) is 1. The van der Waals surface area contributed by atoms with Gasteiger partial charge in [-0.1, -0.05) is 56.7 Å². The van der Waals surface area contributed by atoms with Crippen LogP contribution in [-0.4, -0.2) is 82.9 Å². The first-order valence-corrected chi connectivity index (χ1v) is 20.0. The minimum absolute atomic E-state index is 0.0738. The maximum atomic E-state index is 13.5. The molecular formula is C43H48N6O8. The molecule has 3 aromatic carbocycles. The molecule has 14 heteroatoms. The van der Waals surface area contributed by atoms with E-state index >= 15 is 0 Å². The predicted octanol–water partition coefficient (Wildman–Crippen LogP) is 5.19. The fourth-order valence-corrected chi connectivity index (χ4v) is 7.58. The van der Waals surface area contributed by atoms with E-state index in [0.717, 1.165) is 74.7 Å². The number of carbonyl (C=O) groups excluding carboxylic acids is 7. The topological polar surface area (TPSA) is 183 Å². The molecule has 3 aliphatic heterocycles. The van der Waals surface area contributed by atoms with Crippen LogP contribution >= 0.6 is 0 Å². The number of nitrogens with one attached hydrogen (secondary N) is 4. The van der Waals surface area contributed by atoms with Crippen molar-refractivity contribution in [2.24, 2.45) is 0 Å². The van der Waals surface area contributed by atoms with Gasteiger partial charge in [-0.25, -0.2) is 0 Å². The Bertz CT molecular complexity index is 2060. The number of piperidine rings is 1. The lowest BCUT2D eigenvalue weighted by Gasteiger charge is -2.27. The van der Waals surface area contributed by atoms with Gasteiger partial charge in [0, 0.05) is 48.9 Å². The van der Waals surface area contributed by atoms with E-state index in [1.165, 1.54) is 0 Å². The van der Waals surface area contributed by atoms with E-state index in [1.54, 1.807) is 48.5 Å². The fraction of sp³-hybridized carbons (Fsp3) is 0.419. The van der Waals surface area contributed by atoms with Crippen molar-refractivity contribution >= 4 is 52.7 Å². The molecule has 0 bridgehead atoms. The highest BCUT2D eigenvalue weighted by Crippen LogP contribution is 2.34. The van der Waals surface area contributed by atoms with Gasteiger partial charge in [-0.2, -0.15) is 0 Å². The van der Waals surface area contributed by atoms with Crippen molar-refractivity contribution in [2.75, 3.05) is 30.3 Å². The van der Waals surface area contributed by atoms with Crippen LogP contribution in [0.1, 0.15) is 124 Å². The second-order valence-electron chi connectivity index (χ2n) is 15.1. The zero-order valence-corrected chi connectivity index (χ0v) is 31.9. The smallest absolute Gasteiger partial charge is 0.264 e. The minimum atomic E-state index is -0.986. The van der Waals surface area contributed by atoms with Gasteiger partial charge < -0.3 is 25.6 Å². The summed E-state index contributed by atoms with van der Waals surface area (Å²) >= 11 is 0. The highest BCUT2D eigenvalue weighted by atomic mass is 16.5. The van der Waals surface area contributed by atoms with Crippen LogP contribution in [-0.2, 0) is 20.9 Å². The number of benzene rings is 3. The molecule has 3 heterocycles. The van der Waals surface area contributed by atoms with Crippen LogP contribution in [0.2, 0.25) is 0 Å². The van der Waals surface area contributed by atoms with Crippen LogP contribution in [0, 0.1) is 0 Å². The molecule has 1 atom stereocenters. The normalized spacial score (nSPS) is 17.3. The monoisotopic (exact) mass is 776 g/mol. The van der Waals surface area contributed by atoms with Crippen molar-refractivity contribution in [3.8, 4) is 5.75 Å². The summed E-state index contributed by atoms with van der Waals surface area (Å²) in [7, 11) is 0. The third-order valence-electron chi connectivity index (χ3n) is 10.9. The van der Waals surface area contributed by atoms with Crippen molar-refractivity contribution in [1.29, 1.82) is 0 Å². The number of anilines is 2. The fourth-order valence-electron chi connectivity index (χ4n) is 7.58. The van der Waals surface area contributed by atoms with Crippen molar-refractivity contribution < 1.29 is 38.3 Å². The molecule has 0 aromatic heterocycles. The lowest BCUT2D eigenvalue weighted by molar-refractivity contribution is -0.136. The Hall–Kier alpha value is -6.05. The Labute approximate surface area is 331 Å². The van der Waals surface area contributed by atoms with Crippen LogP contribution in [0.5, 0.6) is 5.75 Å². The van der Waals surface area contributed by atoms with Gasteiger partial charge in [-0.15, -0.1) is 0 Å². The number of amides is 7. The van der Waals surface area contributed by atoms with Crippen LogP contribution in [0.4, 0.5) is 11.4 Å². The van der Waals surface area contributed by atoms with Crippen LogP contribution < -0.4 is 26.0 Å². The van der Waals surface area contributed by atoms with E-state index in [-0.39, 0.29) is 54.3 Å². The number of hydrogen-bond acceptors (Lipinski definition) is 9. The molecule has 14 nitrogen and oxygen atoms in total. The second-order valence-corrected chi connectivity index (χ2v) is 15.1. The van der Waals surface area contributed by atoms with Gasteiger partial charge in [0.15, 0.2) is 6.61 Å². The van der Waals surface area contributed by atoms with Gasteiger partial charge in [0.25, 0.3) is 29.5 Å². The third kappa shape index (κ3) is 9.33. The average molecular weight is 777 g/mol. The maximum Gasteiger partial charge on any atom is 0.264 e. The summed E-state index contributed by atoms with van der Waals surface area (Å²) in [6.07, 6.45) is 10.3. The molecule has 298 valence electrons. The number of hydrogen-bond donors (Lipinski definition) is 4. The number of fused-ring (bicyclic) bond motifs is 2. The largest absolute Gasteiger partial charge is 0.482 e. The molecule has 7 rings (SSSR count). The van der Waals surface area contributed by atoms with Gasteiger partial charge >= 0.3 is 0 Å². The lowest BCUT2D eigenvalue weighted by atomic mass is 10.0. The Kier molecular flexibility index (Phi) is 12.3. The molecule has 1 saturated heterocycles. The minimum Gasteiger partial charge on any atom is -0.482 e. The predicted molar refractivity (Wildman–Crippen MR) is 211 cm³/mol. The van der Waals surface area contributed by atoms with E-state index in [9.17, 15) is 33.6 Å². The van der Waals surface area contributed by atoms with E-state index < -0.39 is 29.7 Å². The molecular weight excluding hydrogens is 729 g/mol. The summed E-state index contributed by atoms with van der Waals surface area (Å²) in [6, 6.07) is 16.8. The lowest BCUT2D eigenvalue weighted by Crippen LogP contribution is -2.54. The number of imide groups is 2. The van der Waals surface area contributed by atoms with Crippen LogP contribution in [0.25, 0.3) is 0 Å². The van der Waals surface area contributed by atoms with Crippen molar-refractivity contribution in [3.63, 3.8) is 0 Å². The number of nitrogens with zero attached hydrogens (tertiary/aromatic N) is 2. The zero-order valence-electron chi connectivity index (χ0n) is 31.9. The molecule has 1 unspecified atom stereocenters. The highest BCUT2D eigenvalue weighted by Gasteiger charge is 2.45. The van der Waals surface area contributed by atoms with E-state index in [0.29, 0.717) is 47.9 Å². The molecule has 0 radical (unpaired) electrons. The molecule has 2 fully saturated rings. The molecule has 0 spiro atoms. The van der Waals surface area contributed by atoms with E-state index in [1.807, 2.05) is 17.0 Å². The standard InChI is InChI=1S/C43H48N6O8/c50-36-21-20-34(40(53)47-36)49-42(55)31-10-9-11-33(38(31)43(49)56)44-22-7-5-3-1-2-4-6-8-23-45-39(52)28-14-12-27(13-15-28)25-48(30-17-18-30)41(54)29-16-19-32-35(24-29)57-26-37(51)46-32/h9-16,19,24,30,34,44H,1-8,17-18,20-23,25-26H2,(H,45,52)(H,46,51)(H,47,50,53). The maximum absolute atomic E-state index is 13.5. The SMILES string of the molecule is O=C1CCC(N2C(=O)c3cccc(NCCCCCCCCCCNC(=O)c4ccc(CN(C(=O)c5ccc6c(c5)OCC(=O)N6)C5CC5)cc4)c3C2=O)C(=O)N1. The number of unbranched alkanes of at least 4 members (excludes halogenated alkanes) is 7.